The zero-order chi connectivity index (χ0) is 15.0. The molecule has 1 aromatic carbocycles. The lowest BCUT2D eigenvalue weighted by molar-refractivity contribution is 0.0370. The lowest BCUT2D eigenvalue weighted by Gasteiger charge is -2.15. The first-order valence-corrected chi connectivity index (χ1v) is 7.65. The summed E-state index contributed by atoms with van der Waals surface area (Å²) in [6.07, 6.45) is 1.27. The van der Waals surface area contributed by atoms with Crippen LogP contribution in [-0.2, 0) is 27.1 Å². The molecule has 0 aliphatic heterocycles. The molecule has 5 heteroatoms. The molecule has 0 radical (unpaired) electrons. The predicted molar refractivity (Wildman–Crippen MR) is 83.3 cm³/mol. The summed E-state index contributed by atoms with van der Waals surface area (Å²) >= 11 is 0. The first-order valence-electron chi connectivity index (χ1n) is 6.54. The van der Waals surface area contributed by atoms with Gasteiger partial charge >= 0.3 is 0 Å². The molecule has 0 saturated heterocycles. The maximum atomic E-state index is 11.8. The Labute approximate surface area is 123 Å². The molecule has 112 valence electrons. The van der Waals surface area contributed by atoms with Gasteiger partial charge in [-0.1, -0.05) is 30.3 Å². The largest absolute Gasteiger partial charge is 0.374 e. The van der Waals surface area contributed by atoms with Crippen molar-refractivity contribution in [2.24, 2.45) is 4.40 Å². The zero-order valence-electron chi connectivity index (χ0n) is 12.5. The molecule has 0 aliphatic carbocycles. The van der Waals surface area contributed by atoms with E-state index in [2.05, 4.69) is 4.40 Å². The summed E-state index contributed by atoms with van der Waals surface area (Å²) in [4.78, 5) is 0. The minimum absolute atomic E-state index is 0.287. The van der Waals surface area contributed by atoms with Gasteiger partial charge in [0.2, 0.25) is 0 Å². The maximum Gasteiger partial charge on any atom is 0.144 e. The van der Waals surface area contributed by atoms with E-state index in [1.807, 2.05) is 51.1 Å². The Bertz CT molecular complexity index is 440. The molecule has 0 aromatic heterocycles. The molecule has 2 atom stereocenters. The average Bonchev–Trinajstić information content (AvgIpc) is 2.42. The molecule has 0 N–H and O–H groups in total. The van der Waals surface area contributed by atoms with Crippen LogP contribution in [0.25, 0.3) is 0 Å². The molecule has 0 spiro atoms. The average molecular weight is 297 g/mol. The third-order valence-electron chi connectivity index (χ3n) is 2.54. The van der Waals surface area contributed by atoms with Gasteiger partial charge < -0.3 is 9.47 Å². The highest BCUT2D eigenvalue weighted by molar-refractivity contribution is 7.85. The topological polar surface area (TPSA) is 47.9 Å². The van der Waals surface area contributed by atoms with E-state index < -0.39 is 11.0 Å². The highest BCUT2D eigenvalue weighted by atomic mass is 32.2. The number of hydrogen-bond donors (Lipinski definition) is 0. The van der Waals surface area contributed by atoms with E-state index >= 15 is 0 Å². The SMILES string of the molecule is CO[C@H](/C=N/[S@](=O)C(C)(C)C)COCc1ccccc1. The molecule has 4 nitrogen and oxygen atoms in total. The molecule has 0 amide bonds. The van der Waals surface area contributed by atoms with Crippen molar-refractivity contribution in [3.63, 3.8) is 0 Å². The van der Waals surface area contributed by atoms with Crippen molar-refractivity contribution in [1.82, 2.24) is 0 Å². The summed E-state index contributed by atoms with van der Waals surface area (Å²) in [6, 6.07) is 9.92. The van der Waals surface area contributed by atoms with Crippen LogP contribution < -0.4 is 0 Å². The fourth-order valence-electron chi connectivity index (χ4n) is 1.32. The standard InChI is InChI=1S/C15H23NO3S/c1-15(2,3)20(17)16-10-14(18-4)12-19-11-13-8-6-5-7-9-13/h5-10,14H,11-12H2,1-4H3/b16-10+/t14-,20-/m1/s1. The molecule has 0 saturated carbocycles. The second kappa shape index (κ2) is 8.29. The van der Waals surface area contributed by atoms with E-state index in [0.717, 1.165) is 5.56 Å². The second-order valence-electron chi connectivity index (χ2n) is 5.39. The summed E-state index contributed by atoms with van der Waals surface area (Å²) in [5, 5.41) is 0. The van der Waals surface area contributed by atoms with Crippen molar-refractivity contribution in [3.8, 4) is 0 Å². The molecule has 0 bridgehead atoms. The quantitative estimate of drug-likeness (QED) is 0.727. The summed E-state index contributed by atoms with van der Waals surface area (Å²) in [5.74, 6) is 0. The minimum atomic E-state index is -1.27. The van der Waals surface area contributed by atoms with Crippen LogP contribution in [0, 0.1) is 0 Å². The zero-order valence-corrected chi connectivity index (χ0v) is 13.4. The van der Waals surface area contributed by atoms with Crippen LogP contribution >= 0.6 is 0 Å². The minimum Gasteiger partial charge on any atom is -0.374 e. The normalized spacial score (nSPS) is 15.4. The highest BCUT2D eigenvalue weighted by Gasteiger charge is 2.18. The summed E-state index contributed by atoms with van der Waals surface area (Å²) in [7, 11) is 0.319. The molecule has 0 fully saturated rings. The summed E-state index contributed by atoms with van der Waals surface area (Å²) < 4.78 is 26.3. The first kappa shape index (κ1) is 17.0. The van der Waals surface area contributed by atoms with Crippen LogP contribution in [0.2, 0.25) is 0 Å². The molecular formula is C15H23NO3S. The van der Waals surface area contributed by atoms with Crippen LogP contribution in [0.1, 0.15) is 26.3 Å². The Morgan fingerprint density at radius 3 is 2.50 bits per heavy atom. The smallest absolute Gasteiger partial charge is 0.144 e. The molecule has 0 heterocycles. The first-order chi connectivity index (χ1) is 9.43. The fourth-order valence-corrected chi connectivity index (χ4v) is 1.88. The van der Waals surface area contributed by atoms with Crippen molar-refractivity contribution >= 4 is 17.2 Å². The summed E-state index contributed by atoms with van der Waals surface area (Å²) in [5.41, 5.74) is 1.11. The Hall–Kier alpha value is -1.04. The van der Waals surface area contributed by atoms with Crippen molar-refractivity contribution in [3.05, 3.63) is 35.9 Å². The third-order valence-corrected chi connectivity index (χ3v) is 3.90. The Balaban J connectivity index is 2.40. The van der Waals surface area contributed by atoms with Crippen LogP contribution in [-0.4, -0.2) is 35.0 Å². The number of nitrogens with zero attached hydrogens (tertiary/aromatic N) is 1. The van der Waals surface area contributed by atoms with Gasteiger partial charge in [0.15, 0.2) is 0 Å². The maximum absolute atomic E-state index is 11.8. The molecular weight excluding hydrogens is 274 g/mol. The van der Waals surface area contributed by atoms with Crippen LogP contribution in [0.15, 0.2) is 34.7 Å². The number of ether oxygens (including phenoxy) is 2. The highest BCUT2D eigenvalue weighted by Crippen LogP contribution is 2.11. The van der Waals surface area contributed by atoms with E-state index in [-0.39, 0.29) is 10.9 Å². The Morgan fingerprint density at radius 2 is 1.95 bits per heavy atom. The van der Waals surface area contributed by atoms with Crippen molar-refractivity contribution in [2.45, 2.75) is 38.2 Å². The summed E-state index contributed by atoms with van der Waals surface area (Å²) in [6.45, 7) is 6.56. The van der Waals surface area contributed by atoms with E-state index in [1.165, 1.54) is 0 Å². The van der Waals surface area contributed by atoms with Gasteiger partial charge in [-0.25, -0.2) is 4.21 Å². The molecule has 1 rings (SSSR count). The Morgan fingerprint density at radius 1 is 1.30 bits per heavy atom. The van der Waals surface area contributed by atoms with Gasteiger partial charge in [-0.2, -0.15) is 4.40 Å². The van der Waals surface area contributed by atoms with Crippen molar-refractivity contribution in [1.29, 1.82) is 0 Å². The van der Waals surface area contributed by atoms with Crippen molar-refractivity contribution in [2.75, 3.05) is 13.7 Å². The van der Waals surface area contributed by atoms with Gasteiger partial charge in [0.1, 0.15) is 17.1 Å². The molecule has 20 heavy (non-hydrogen) atoms. The third kappa shape index (κ3) is 6.41. The van der Waals surface area contributed by atoms with Crippen LogP contribution in [0.5, 0.6) is 0 Å². The van der Waals surface area contributed by atoms with Gasteiger partial charge in [0.05, 0.1) is 18.0 Å². The van der Waals surface area contributed by atoms with Crippen molar-refractivity contribution < 1.29 is 13.7 Å². The van der Waals surface area contributed by atoms with Gasteiger partial charge in [-0.3, -0.25) is 0 Å². The lowest BCUT2D eigenvalue weighted by Crippen LogP contribution is -2.23. The molecule has 1 aromatic rings. The van der Waals surface area contributed by atoms with Crippen LogP contribution in [0.4, 0.5) is 0 Å². The fraction of sp³-hybridized carbons (Fsp3) is 0.533. The van der Waals surface area contributed by atoms with E-state index in [9.17, 15) is 4.21 Å². The number of hydrogen-bond acceptors (Lipinski definition) is 3. The number of methoxy groups -OCH3 is 1. The monoisotopic (exact) mass is 297 g/mol. The van der Waals surface area contributed by atoms with E-state index in [0.29, 0.717) is 13.2 Å². The molecule has 0 aliphatic rings. The lowest BCUT2D eigenvalue weighted by atomic mass is 10.2. The Kier molecular flexibility index (Phi) is 7.05. The predicted octanol–water partition coefficient (Wildman–Crippen LogP) is 2.75. The second-order valence-corrected chi connectivity index (χ2v) is 7.32. The van der Waals surface area contributed by atoms with Gasteiger partial charge in [-0.15, -0.1) is 0 Å². The number of rotatable bonds is 7. The molecule has 0 unspecified atom stereocenters. The van der Waals surface area contributed by atoms with Crippen LogP contribution in [0.3, 0.4) is 0 Å². The number of benzene rings is 1. The van der Waals surface area contributed by atoms with E-state index in [4.69, 9.17) is 9.47 Å². The van der Waals surface area contributed by atoms with Gasteiger partial charge in [0, 0.05) is 13.3 Å². The van der Waals surface area contributed by atoms with Gasteiger partial charge in [-0.05, 0) is 26.3 Å². The van der Waals surface area contributed by atoms with Gasteiger partial charge in [0.25, 0.3) is 0 Å². The van der Waals surface area contributed by atoms with E-state index in [1.54, 1.807) is 13.3 Å².